The molecule has 4 rings (SSSR count). The quantitative estimate of drug-likeness (QED) is 0.726. The van der Waals surface area contributed by atoms with Crippen LogP contribution in [0.2, 0.25) is 0 Å². The van der Waals surface area contributed by atoms with Crippen molar-refractivity contribution in [3.8, 4) is 0 Å². The van der Waals surface area contributed by atoms with Gasteiger partial charge in [-0.15, -0.1) is 0 Å². The minimum absolute atomic E-state index is 0.101. The maximum atomic E-state index is 12.9. The van der Waals surface area contributed by atoms with Gasteiger partial charge in [-0.05, 0) is 24.5 Å². The van der Waals surface area contributed by atoms with Crippen LogP contribution in [0.3, 0.4) is 0 Å². The average molecular weight is 348 g/mol. The Hall–Kier alpha value is -3.02. The minimum atomic E-state index is -0.109. The van der Waals surface area contributed by atoms with Crippen LogP contribution in [-0.2, 0) is 11.2 Å². The number of piperidine rings is 1. The van der Waals surface area contributed by atoms with Crippen molar-refractivity contribution in [3.05, 3.63) is 66.1 Å². The first-order valence-corrected chi connectivity index (χ1v) is 8.86. The molecule has 1 fully saturated rings. The summed E-state index contributed by atoms with van der Waals surface area (Å²) in [5.74, 6) is -0.00898. The molecule has 6 nitrogen and oxygen atoms in total. The molecule has 1 aliphatic heterocycles. The molecule has 26 heavy (non-hydrogen) atoms. The first kappa shape index (κ1) is 16.4. The third kappa shape index (κ3) is 3.22. The summed E-state index contributed by atoms with van der Waals surface area (Å²) >= 11 is 0. The Morgan fingerprint density at radius 2 is 2.00 bits per heavy atom. The van der Waals surface area contributed by atoms with Crippen molar-refractivity contribution in [2.45, 2.75) is 19.3 Å². The number of fused-ring (bicyclic) bond motifs is 1. The van der Waals surface area contributed by atoms with Crippen LogP contribution >= 0.6 is 0 Å². The molecular formula is C20H20N4O2. The van der Waals surface area contributed by atoms with Crippen molar-refractivity contribution in [3.63, 3.8) is 0 Å². The van der Waals surface area contributed by atoms with Gasteiger partial charge in [0, 0.05) is 37.8 Å². The van der Waals surface area contributed by atoms with E-state index in [1.165, 1.54) is 0 Å². The number of hydrogen-bond acceptors (Lipinski definition) is 4. The second-order valence-electron chi connectivity index (χ2n) is 6.67. The van der Waals surface area contributed by atoms with E-state index in [4.69, 9.17) is 0 Å². The second-order valence-corrected chi connectivity index (χ2v) is 6.67. The van der Waals surface area contributed by atoms with E-state index in [9.17, 15) is 9.59 Å². The highest BCUT2D eigenvalue weighted by atomic mass is 16.2. The molecule has 6 heteroatoms. The van der Waals surface area contributed by atoms with Gasteiger partial charge >= 0.3 is 0 Å². The fraction of sp³-hybridized carbons (Fsp3) is 0.300. The van der Waals surface area contributed by atoms with E-state index in [1.807, 2.05) is 30.3 Å². The fourth-order valence-corrected chi connectivity index (χ4v) is 3.51. The molecule has 1 amide bonds. The summed E-state index contributed by atoms with van der Waals surface area (Å²) in [7, 11) is 0. The van der Waals surface area contributed by atoms with Crippen LogP contribution in [0.5, 0.6) is 0 Å². The number of ketones is 1. The molecule has 0 radical (unpaired) electrons. The van der Waals surface area contributed by atoms with Crippen LogP contribution in [0.25, 0.3) is 5.65 Å². The van der Waals surface area contributed by atoms with Gasteiger partial charge in [-0.2, -0.15) is 5.10 Å². The Morgan fingerprint density at radius 3 is 2.85 bits per heavy atom. The lowest BCUT2D eigenvalue weighted by molar-refractivity contribution is -0.123. The minimum Gasteiger partial charge on any atom is -0.338 e. The van der Waals surface area contributed by atoms with Gasteiger partial charge in [-0.25, -0.2) is 9.50 Å². The Balaban J connectivity index is 1.48. The zero-order valence-electron chi connectivity index (χ0n) is 14.4. The molecule has 0 aliphatic carbocycles. The molecule has 1 atom stereocenters. The smallest absolute Gasteiger partial charge is 0.259 e. The van der Waals surface area contributed by atoms with Gasteiger partial charge in [0.25, 0.3) is 5.91 Å². The summed E-state index contributed by atoms with van der Waals surface area (Å²) in [6, 6.07) is 11.5. The number of carbonyl (C=O) groups is 2. The monoisotopic (exact) mass is 348 g/mol. The first-order chi connectivity index (χ1) is 12.7. The number of amides is 1. The van der Waals surface area contributed by atoms with Crippen LogP contribution < -0.4 is 0 Å². The zero-order valence-corrected chi connectivity index (χ0v) is 14.4. The maximum Gasteiger partial charge on any atom is 0.259 e. The normalized spacial score (nSPS) is 17.4. The zero-order chi connectivity index (χ0) is 17.9. The predicted octanol–water partition coefficient (Wildman–Crippen LogP) is 2.39. The molecule has 1 saturated heterocycles. The van der Waals surface area contributed by atoms with E-state index in [1.54, 1.807) is 34.1 Å². The first-order valence-electron chi connectivity index (χ1n) is 8.86. The fourth-order valence-electron chi connectivity index (χ4n) is 3.51. The molecule has 3 heterocycles. The Labute approximate surface area is 151 Å². The van der Waals surface area contributed by atoms with Crippen LogP contribution in [0.4, 0.5) is 0 Å². The number of nitrogens with zero attached hydrogens (tertiary/aromatic N) is 4. The third-order valence-electron chi connectivity index (χ3n) is 4.89. The Morgan fingerprint density at radius 1 is 1.15 bits per heavy atom. The van der Waals surface area contributed by atoms with Crippen molar-refractivity contribution >= 4 is 17.3 Å². The number of carbonyl (C=O) groups excluding carboxylic acids is 2. The van der Waals surface area contributed by atoms with Crippen LogP contribution in [-0.4, -0.2) is 44.3 Å². The van der Waals surface area contributed by atoms with E-state index >= 15 is 0 Å². The summed E-state index contributed by atoms with van der Waals surface area (Å²) in [4.78, 5) is 31.6. The molecule has 0 N–H and O–H groups in total. The van der Waals surface area contributed by atoms with E-state index in [2.05, 4.69) is 10.1 Å². The van der Waals surface area contributed by atoms with Crippen molar-refractivity contribution in [1.29, 1.82) is 0 Å². The molecule has 0 saturated carbocycles. The van der Waals surface area contributed by atoms with Gasteiger partial charge in [0.15, 0.2) is 5.65 Å². The third-order valence-corrected chi connectivity index (χ3v) is 4.89. The van der Waals surface area contributed by atoms with Gasteiger partial charge in [0.1, 0.15) is 11.3 Å². The van der Waals surface area contributed by atoms with Crippen LogP contribution in [0.1, 0.15) is 28.8 Å². The lowest BCUT2D eigenvalue weighted by Gasteiger charge is -2.31. The summed E-state index contributed by atoms with van der Waals surface area (Å²) in [5, 5.41) is 4.18. The summed E-state index contributed by atoms with van der Waals surface area (Å²) in [6.07, 6.45) is 7.07. The maximum absolute atomic E-state index is 12.9. The molecule has 0 bridgehead atoms. The highest BCUT2D eigenvalue weighted by Crippen LogP contribution is 2.22. The molecular weight excluding hydrogens is 328 g/mol. The largest absolute Gasteiger partial charge is 0.338 e. The van der Waals surface area contributed by atoms with E-state index in [-0.39, 0.29) is 17.6 Å². The van der Waals surface area contributed by atoms with Crippen molar-refractivity contribution in [2.75, 3.05) is 13.1 Å². The summed E-state index contributed by atoms with van der Waals surface area (Å²) in [6.45, 7) is 1.13. The number of Topliss-reactive ketones (excluding diaryl/α,β-unsaturated/α-hetero) is 1. The van der Waals surface area contributed by atoms with Gasteiger partial charge in [0.05, 0.1) is 6.20 Å². The molecule has 132 valence electrons. The van der Waals surface area contributed by atoms with Crippen LogP contribution in [0.15, 0.2) is 55.0 Å². The molecule has 2 aromatic heterocycles. The van der Waals surface area contributed by atoms with Crippen LogP contribution in [0, 0.1) is 5.92 Å². The van der Waals surface area contributed by atoms with E-state index in [0.717, 1.165) is 18.4 Å². The number of likely N-dealkylation sites (tertiary alicyclic amines) is 1. The Bertz CT molecular complexity index is 935. The molecule has 0 unspecified atom stereocenters. The standard InChI is InChI=1S/C20H20N4O2/c25-18(12-15-6-2-1-3-7-15)16-8-4-10-23(14-16)20(26)17-13-22-24-11-5-9-21-19(17)24/h1-3,5-7,9,11,13,16H,4,8,10,12,14H2/t16-/m0/s1. The van der Waals surface area contributed by atoms with Gasteiger partial charge in [0.2, 0.25) is 0 Å². The summed E-state index contributed by atoms with van der Waals surface area (Å²) < 4.78 is 1.59. The average Bonchev–Trinajstić information content (AvgIpc) is 3.12. The van der Waals surface area contributed by atoms with Crippen molar-refractivity contribution in [1.82, 2.24) is 19.5 Å². The lowest BCUT2D eigenvalue weighted by Crippen LogP contribution is -2.42. The highest BCUT2D eigenvalue weighted by Gasteiger charge is 2.30. The number of hydrogen-bond donors (Lipinski definition) is 0. The summed E-state index contributed by atoms with van der Waals surface area (Å²) in [5.41, 5.74) is 2.06. The second kappa shape index (κ2) is 7.07. The highest BCUT2D eigenvalue weighted by molar-refractivity contribution is 6.00. The van der Waals surface area contributed by atoms with E-state index in [0.29, 0.717) is 30.7 Å². The number of benzene rings is 1. The van der Waals surface area contributed by atoms with E-state index < -0.39 is 0 Å². The number of rotatable bonds is 4. The van der Waals surface area contributed by atoms with Gasteiger partial charge < -0.3 is 4.90 Å². The lowest BCUT2D eigenvalue weighted by atomic mass is 9.90. The molecule has 3 aromatic rings. The van der Waals surface area contributed by atoms with Crippen molar-refractivity contribution < 1.29 is 9.59 Å². The van der Waals surface area contributed by atoms with Gasteiger partial charge in [-0.1, -0.05) is 30.3 Å². The Kier molecular flexibility index (Phi) is 4.48. The predicted molar refractivity (Wildman–Crippen MR) is 96.8 cm³/mol. The SMILES string of the molecule is O=C(Cc1ccccc1)[C@H]1CCCN(C(=O)c2cnn3cccnc23)C1. The molecule has 1 aliphatic rings. The molecule has 0 spiro atoms. The van der Waals surface area contributed by atoms with Gasteiger partial charge in [-0.3, -0.25) is 9.59 Å². The van der Waals surface area contributed by atoms with Crippen molar-refractivity contribution in [2.24, 2.45) is 5.92 Å². The topological polar surface area (TPSA) is 67.6 Å². The molecule has 1 aromatic carbocycles. The number of aromatic nitrogens is 3.